The smallest absolute Gasteiger partial charge is 0.251 e. The maximum atomic E-state index is 13.0. The molecule has 0 aliphatic rings. The van der Waals surface area contributed by atoms with Crippen molar-refractivity contribution in [3.63, 3.8) is 0 Å². The van der Waals surface area contributed by atoms with Crippen LogP contribution in [0.15, 0.2) is 18.2 Å². The first kappa shape index (κ1) is 13.4. The Balaban J connectivity index is 2.70. The normalized spacial score (nSPS) is 14.1. The summed E-state index contributed by atoms with van der Waals surface area (Å²) in [5.41, 5.74) is 4.81. The van der Waals surface area contributed by atoms with Crippen molar-refractivity contribution >= 4 is 11.6 Å². The third-order valence-electron chi connectivity index (χ3n) is 2.57. The molecule has 0 saturated heterocycles. The third-order valence-corrected chi connectivity index (χ3v) is 2.57. The largest absolute Gasteiger partial charge is 0.399 e. The Bertz CT molecular complexity index is 399. The van der Waals surface area contributed by atoms with Crippen molar-refractivity contribution in [2.24, 2.45) is 0 Å². The maximum Gasteiger partial charge on any atom is 0.251 e. The fourth-order valence-electron chi connectivity index (χ4n) is 1.24. The summed E-state index contributed by atoms with van der Waals surface area (Å²) >= 11 is 0. The molecule has 0 bridgehead atoms. The van der Waals surface area contributed by atoms with E-state index in [0.717, 1.165) is 12.1 Å². The summed E-state index contributed by atoms with van der Waals surface area (Å²) < 4.78 is 13.0. The minimum atomic E-state index is -0.964. The molecular formula is C12H17FN2O2. The predicted molar refractivity (Wildman–Crippen MR) is 64.1 cm³/mol. The van der Waals surface area contributed by atoms with Gasteiger partial charge in [-0.1, -0.05) is 6.92 Å². The number of nitrogens with one attached hydrogen (secondary N) is 1. The van der Waals surface area contributed by atoms with Crippen LogP contribution in [0.25, 0.3) is 0 Å². The minimum absolute atomic E-state index is 0.110. The molecule has 94 valence electrons. The lowest BCUT2D eigenvalue weighted by molar-refractivity contribution is 0.0518. The summed E-state index contributed by atoms with van der Waals surface area (Å²) in [6.45, 7) is 3.54. The van der Waals surface area contributed by atoms with Crippen LogP contribution in [0.3, 0.4) is 0 Å². The number of carbonyl (C=O) groups excluding carboxylic acids is 1. The molecule has 0 heterocycles. The number of benzene rings is 1. The highest BCUT2D eigenvalue weighted by atomic mass is 19.1. The first-order valence-electron chi connectivity index (χ1n) is 5.41. The van der Waals surface area contributed by atoms with Gasteiger partial charge in [0.05, 0.1) is 5.60 Å². The number of nitrogen functional groups attached to an aromatic ring is 1. The molecule has 4 N–H and O–H groups in total. The van der Waals surface area contributed by atoms with Crippen LogP contribution < -0.4 is 11.1 Å². The molecule has 0 aliphatic carbocycles. The van der Waals surface area contributed by atoms with E-state index in [1.807, 2.05) is 6.92 Å². The lowest BCUT2D eigenvalue weighted by Gasteiger charge is -2.21. The van der Waals surface area contributed by atoms with Crippen molar-refractivity contribution in [3.05, 3.63) is 29.6 Å². The molecule has 1 atom stereocenters. The number of amides is 1. The van der Waals surface area contributed by atoms with Crippen molar-refractivity contribution < 1.29 is 14.3 Å². The first-order valence-corrected chi connectivity index (χ1v) is 5.41. The summed E-state index contributed by atoms with van der Waals surface area (Å²) in [5, 5.41) is 12.2. The number of aliphatic hydroxyl groups is 1. The van der Waals surface area contributed by atoms with Crippen molar-refractivity contribution in [1.82, 2.24) is 5.32 Å². The van der Waals surface area contributed by atoms with Gasteiger partial charge in [-0.3, -0.25) is 4.79 Å². The maximum absolute atomic E-state index is 13.0. The third kappa shape index (κ3) is 4.03. The van der Waals surface area contributed by atoms with Gasteiger partial charge in [0, 0.05) is 17.8 Å². The molecule has 0 radical (unpaired) electrons. The van der Waals surface area contributed by atoms with E-state index in [1.54, 1.807) is 6.92 Å². The Labute approximate surface area is 99.6 Å². The van der Waals surface area contributed by atoms with Crippen LogP contribution in [0.4, 0.5) is 10.1 Å². The second kappa shape index (κ2) is 5.14. The average Bonchev–Trinajstić information content (AvgIpc) is 2.24. The quantitative estimate of drug-likeness (QED) is 0.694. The van der Waals surface area contributed by atoms with Gasteiger partial charge in [-0.05, 0) is 31.5 Å². The molecule has 17 heavy (non-hydrogen) atoms. The highest BCUT2D eigenvalue weighted by Gasteiger charge is 2.19. The Morgan fingerprint density at radius 1 is 1.53 bits per heavy atom. The van der Waals surface area contributed by atoms with Crippen LogP contribution in [-0.2, 0) is 0 Å². The van der Waals surface area contributed by atoms with E-state index >= 15 is 0 Å². The van der Waals surface area contributed by atoms with Crippen molar-refractivity contribution in [3.8, 4) is 0 Å². The highest BCUT2D eigenvalue weighted by molar-refractivity contribution is 5.95. The second-order valence-electron chi connectivity index (χ2n) is 4.31. The molecule has 0 aromatic heterocycles. The zero-order valence-corrected chi connectivity index (χ0v) is 9.96. The van der Waals surface area contributed by atoms with Gasteiger partial charge in [0.1, 0.15) is 5.82 Å². The number of carbonyl (C=O) groups is 1. The number of rotatable bonds is 4. The van der Waals surface area contributed by atoms with E-state index in [1.165, 1.54) is 6.07 Å². The Morgan fingerprint density at radius 2 is 2.18 bits per heavy atom. The number of hydrogen-bond acceptors (Lipinski definition) is 3. The lowest BCUT2D eigenvalue weighted by Crippen LogP contribution is -2.40. The molecule has 5 heteroatoms. The van der Waals surface area contributed by atoms with Gasteiger partial charge < -0.3 is 16.2 Å². The fraction of sp³-hybridized carbons (Fsp3) is 0.417. The molecule has 1 amide bonds. The van der Waals surface area contributed by atoms with Crippen LogP contribution in [0.5, 0.6) is 0 Å². The zero-order chi connectivity index (χ0) is 13.1. The zero-order valence-electron chi connectivity index (χ0n) is 9.96. The van der Waals surface area contributed by atoms with E-state index in [9.17, 15) is 14.3 Å². The van der Waals surface area contributed by atoms with E-state index in [0.29, 0.717) is 6.42 Å². The molecule has 1 unspecified atom stereocenters. The van der Waals surface area contributed by atoms with Gasteiger partial charge in [0.15, 0.2) is 0 Å². The summed E-state index contributed by atoms with van der Waals surface area (Å²) in [7, 11) is 0. The molecule has 1 aromatic carbocycles. The Morgan fingerprint density at radius 3 is 2.71 bits per heavy atom. The van der Waals surface area contributed by atoms with Crippen molar-refractivity contribution in [2.75, 3.05) is 12.3 Å². The first-order chi connectivity index (χ1) is 7.84. The van der Waals surface area contributed by atoms with Gasteiger partial charge in [-0.2, -0.15) is 0 Å². The second-order valence-corrected chi connectivity index (χ2v) is 4.31. The van der Waals surface area contributed by atoms with E-state index in [2.05, 4.69) is 5.32 Å². The summed E-state index contributed by atoms with van der Waals surface area (Å²) in [4.78, 5) is 11.7. The minimum Gasteiger partial charge on any atom is -0.399 e. The standard InChI is InChI=1S/C12H17FN2O2/c1-3-12(2,17)7-15-11(16)8-4-9(13)6-10(14)5-8/h4-6,17H,3,7,14H2,1-2H3,(H,15,16). The predicted octanol–water partition coefficient (Wildman–Crippen LogP) is 1.30. The van der Waals surface area contributed by atoms with Crippen LogP contribution in [0.2, 0.25) is 0 Å². The van der Waals surface area contributed by atoms with E-state index < -0.39 is 17.3 Å². The SMILES string of the molecule is CCC(C)(O)CNC(=O)c1cc(N)cc(F)c1. The molecule has 0 spiro atoms. The van der Waals surface area contributed by atoms with Crippen molar-refractivity contribution in [2.45, 2.75) is 25.9 Å². The Kier molecular flexibility index (Phi) is 4.07. The number of anilines is 1. The van der Waals surface area contributed by atoms with Gasteiger partial charge in [-0.25, -0.2) is 4.39 Å². The van der Waals surface area contributed by atoms with E-state index in [-0.39, 0.29) is 17.8 Å². The van der Waals surface area contributed by atoms with Crippen LogP contribution in [0.1, 0.15) is 30.6 Å². The molecule has 4 nitrogen and oxygen atoms in total. The van der Waals surface area contributed by atoms with Crippen LogP contribution >= 0.6 is 0 Å². The topological polar surface area (TPSA) is 75.3 Å². The average molecular weight is 240 g/mol. The van der Waals surface area contributed by atoms with Gasteiger partial charge in [-0.15, -0.1) is 0 Å². The number of halogens is 1. The molecular weight excluding hydrogens is 223 g/mol. The molecule has 0 aliphatic heterocycles. The van der Waals surface area contributed by atoms with Crippen LogP contribution in [-0.4, -0.2) is 23.2 Å². The summed E-state index contributed by atoms with van der Waals surface area (Å²) in [5.74, 6) is -1.01. The molecule has 1 rings (SSSR count). The molecule has 0 fully saturated rings. The monoisotopic (exact) mass is 240 g/mol. The molecule has 0 saturated carbocycles. The number of nitrogens with two attached hydrogens (primary N) is 1. The summed E-state index contributed by atoms with van der Waals surface area (Å²) in [6, 6.07) is 3.63. The number of hydrogen-bond donors (Lipinski definition) is 3. The van der Waals surface area contributed by atoms with Crippen molar-refractivity contribution in [1.29, 1.82) is 0 Å². The fourth-order valence-corrected chi connectivity index (χ4v) is 1.24. The van der Waals surface area contributed by atoms with Gasteiger partial charge in [0.2, 0.25) is 0 Å². The molecule has 1 aromatic rings. The lowest BCUT2D eigenvalue weighted by atomic mass is 10.0. The Hall–Kier alpha value is -1.62. The highest BCUT2D eigenvalue weighted by Crippen LogP contribution is 2.11. The van der Waals surface area contributed by atoms with E-state index in [4.69, 9.17) is 5.73 Å². The van der Waals surface area contributed by atoms with Crippen LogP contribution in [0, 0.1) is 5.82 Å². The van der Waals surface area contributed by atoms with Gasteiger partial charge in [0.25, 0.3) is 5.91 Å². The summed E-state index contributed by atoms with van der Waals surface area (Å²) in [6.07, 6.45) is 0.512. The van der Waals surface area contributed by atoms with Gasteiger partial charge >= 0.3 is 0 Å².